The van der Waals surface area contributed by atoms with Crippen molar-refractivity contribution in [3.8, 4) is 5.75 Å². The first-order valence-electron chi connectivity index (χ1n) is 8.78. The van der Waals surface area contributed by atoms with E-state index < -0.39 is 5.91 Å². The molecule has 3 N–H and O–H groups in total. The van der Waals surface area contributed by atoms with Gasteiger partial charge in [0.25, 0.3) is 5.91 Å². The second kappa shape index (κ2) is 8.81. The number of ether oxygens (including phenoxy) is 1. The first-order chi connectivity index (χ1) is 13.5. The fourth-order valence-electron chi connectivity index (χ4n) is 2.68. The summed E-state index contributed by atoms with van der Waals surface area (Å²) >= 11 is 0. The summed E-state index contributed by atoms with van der Waals surface area (Å²) in [6.07, 6.45) is 1.06. The van der Waals surface area contributed by atoms with Gasteiger partial charge in [0.05, 0.1) is 18.7 Å². The molecule has 4 rings (SSSR count). The average Bonchev–Trinajstić information content (AvgIpc) is 3.12. The number of aromatic amines is 1. The third-order valence-electron chi connectivity index (χ3n) is 4.14. The monoisotopic (exact) mass is 379 g/mol. The van der Waals surface area contributed by atoms with E-state index in [2.05, 4.69) is 15.2 Å². The van der Waals surface area contributed by atoms with Crippen LogP contribution in [0.15, 0.2) is 54.6 Å². The van der Waals surface area contributed by atoms with E-state index in [1.54, 1.807) is 11.9 Å². The standard InChI is InChI=1S/C10H10N4O.C10H11NO2/c11-9(15)10-12-8(13-14-10)6-7-4-2-1-3-5-7;1-11-8-4-2-3-5-9(8)13-7-6-10(11)12/h1-5H,6H2,(H2,11,15)(H,12,13,14);2-5H,6-7H2,1H3. The van der Waals surface area contributed by atoms with Crippen LogP contribution >= 0.6 is 0 Å². The third kappa shape index (κ3) is 4.73. The van der Waals surface area contributed by atoms with E-state index >= 15 is 0 Å². The number of aromatic nitrogens is 3. The van der Waals surface area contributed by atoms with Gasteiger partial charge in [0.15, 0.2) is 0 Å². The molecule has 0 unspecified atom stereocenters. The second-order valence-electron chi connectivity index (χ2n) is 6.15. The number of hydrogen-bond donors (Lipinski definition) is 2. The number of benzene rings is 2. The molecule has 0 saturated heterocycles. The van der Waals surface area contributed by atoms with Crippen LogP contribution in [0, 0.1) is 0 Å². The molecule has 1 aromatic heterocycles. The molecule has 0 saturated carbocycles. The first kappa shape index (κ1) is 19.1. The maximum atomic E-state index is 11.4. The predicted octanol–water partition coefficient (Wildman–Crippen LogP) is 1.93. The molecule has 144 valence electrons. The quantitative estimate of drug-likeness (QED) is 0.722. The number of carbonyl (C=O) groups is 2. The van der Waals surface area contributed by atoms with Crippen molar-refractivity contribution in [2.45, 2.75) is 12.8 Å². The van der Waals surface area contributed by atoms with Gasteiger partial charge >= 0.3 is 0 Å². The van der Waals surface area contributed by atoms with Gasteiger partial charge in [0, 0.05) is 13.5 Å². The summed E-state index contributed by atoms with van der Waals surface area (Å²) in [5, 5.41) is 6.37. The topological polar surface area (TPSA) is 114 Å². The first-order valence-corrected chi connectivity index (χ1v) is 8.78. The van der Waals surface area contributed by atoms with Crippen LogP contribution < -0.4 is 15.4 Å². The molecule has 8 nitrogen and oxygen atoms in total. The summed E-state index contributed by atoms with van der Waals surface area (Å²) in [6.45, 7) is 0.472. The molecule has 2 heterocycles. The normalized spacial score (nSPS) is 12.9. The third-order valence-corrected chi connectivity index (χ3v) is 4.14. The fourth-order valence-corrected chi connectivity index (χ4v) is 2.68. The van der Waals surface area contributed by atoms with Gasteiger partial charge in [0.1, 0.15) is 11.6 Å². The molecular weight excluding hydrogens is 358 g/mol. The van der Waals surface area contributed by atoms with E-state index in [9.17, 15) is 9.59 Å². The highest BCUT2D eigenvalue weighted by Crippen LogP contribution is 2.29. The van der Waals surface area contributed by atoms with Crippen LogP contribution in [0.5, 0.6) is 5.75 Å². The SMILES string of the molecule is CN1C(=O)CCOc2ccccc21.NC(=O)c1n[nH]c(Cc2ccccc2)n1. The molecule has 0 bridgehead atoms. The Balaban J connectivity index is 0.000000162. The van der Waals surface area contributed by atoms with E-state index in [-0.39, 0.29) is 11.7 Å². The highest BCUT2D eigenvalue weighted by Gasteiger charge is 2.18. The molecule has 0 fully saturated rings. The molecule has 2 amide bonds. The molecule has 0 atom stereocenters. The lowest BCUT2D eigenvalue weighted by atomic mass is 10.1. The summed E-state index contributed by atoms with van der Waals surface area (Å²) in [6, 6.07) is 17.4. The minimum absolute atomic E-state index is 0.0286. The summed E-state index contributed by atoms with van der Waals surface area (Å²) in [5.41, 5.74) is 6.99. The van der Waals surface area contributed by atoms with Crippen molar-refractivity contribution in [2.75, 3.05) is 18.6 Å². The zero-order chi connectivity index (χ0) is 19.9. The van der Waals surface area contributed by atoms with Gasteiger partial charge in [-0.3, -0.25) is 14.7 Å². The van der Waals surface area contributed by atoms with Crippen molar-refractivity contribution in [1.82, 2.24) is 15.2 Å². The lowest BCUT2D eigenvalue weighted by molar-refractivity contribution is -0.118. The van der Waals surface area contributed by atoms with E-state index in [4.69, 9.17) is 10.5 Å². The Kier molecular flexibility index (Phi) is 6.01. The van der Waals surface area contributed by atoms with Crippen molar-refractivity contribution in [1.29, 1.82) is 0 Å². The van der Waals surface area contributed by atoms with Gasteiger partial charge < -0.3 is 15.4 Å². The van der Waals surface area contributed by atoms with E-state index in [0.717, 1.165) is 17.0 Å². The molecule has 3 aromatic rings. The van der Waals surface area contributed by atoms with E-state index in [1.165, 1.54) is 0 Å². The van der Waals surface area contributed by atoms with E-state index in [1.807, 2.05) is 54.6 Å². The molecule has 8 heteroatoms. The van der Waals surface area contributed by atoms with Gasteiger partial charge in [-0.25, -0.2) is 4.98 Å². The van der Waals surface area contributed by atoms with Gasteiger partial charge in [0.2, 0.25) is 11.7 Å². The summed E-state index contributed by atoms with van der Waals surface area (Å²) in [4.78, 5) is 27.8. The molecule has 2 aromatic carbocycles. The Bertz CT molecular complexity index is 955. The van der Waals surface area contributed by atoms with Crippen LogP contribution in [-0.2, 0) is 11.2 Å². The number of H-pyrrole nitrogens is 1. The van der Waals surface area contributed by atoms with Crippen molar-refractivity contribution in [3.05, 3.63) is 71.8 Å². The largest absolute Gasteiger partial charge is 0.491 e. The van der Waals surface area contributed by atoms with Crippen molar-refractivity contribution in [2.24, 2.45) is 5.73 Å². The fraction of sp³-hybridized carbons (Fsp3) is 0.200. The predicted molar refractivity (Wildman–Crippen MR) is 104 cm³/mol. The number of nitrogens with two attached hydrogens (primary N) is 1. The highest BCUT2D eigenvalue weighted by molar-refractivity contribution is 5.95. The van der Waals surface area contributed by atoms with Crippen LogP contribution in [0.2, 0.25) is 0 Å². The smallest absolute Gasteiger partial charge is 0.288 e. The number of anilines is 1. The summed E-state index contributed by atoms with van der Waals surface area (Å²) < 4.78 is 5.43. The van der Waals surface area contributed by atoms with Crippen LogP contribution in [0.25, 0.3) is 0 Å². The number of nitrogens with zero attached hydrogens (tertiary/aromatic N) is 3. The maximum absolute atomic E-state index is 11.4. The molecule has 0 aliphatic carbocycles. The number of rotatable bonds is 3. The summed E-state index contributed by atoms with van der Waals surface area (Å²) in [5.74, 6) is 0.933. The Labute approximate surface area is 162 Å². The molecule has 0 spiro atoms. The Morgan fingerprint density at radius 3 is 2.61 bits per heavy atom. The van der Waals surface area contributed by atoms with Crippen LogP contribution in [-0.4, -0.2) is 40.7 Å². The molecule has 1 aliphatic rings. The van der Waals surface area contributed by atoms with Crippen molar-refractivity contribution >= 4 is 17.5 Å². The zero-order valence-electron chi connectivity index (χ0n) is 15.5. The number of para-hydroxylation sites is 2. The minimum atomic E-state index is -0.620. The Morgan fingerprint density at radius 2 is 1.89 bits per heavy atom. The van der Waals surface area contributed by atoms with Gasteiger partial charge in [-0.1, -0.05) is 42.5 Å². The molecule has 28 heavy (non-hydrogen) atoms. The van der Waals surface area contributed by atoms with Gasteiger partial charge in [-0.2, -0.15) is 0 Å². The summed E-state index contributed by atoms with van der Waals surface area (Å²) in [7, 11) is 1.77. The number of carbonyl (C=O) groups excluding carboxylic acids is 2. The number of nitrogens with one attached hydrogen (secondary N) is 1. The second-order valence-corrected chi connectivity index (χ2v) is 6.15. The lowest BCUT2D eigenvalue weighted by Crippen LogP contribution is -2.24. The number of primary amides is 1. The van der Waals surface area contributed by atoms with Crippen molar-refractivity contribution < 1.29 is 14.3 Å². The number of amides is 2. The minimum Gasteiger partial charge on any atom is -0.491 e. The lowest BCUT2D eigenvalue weighted by Gasteiger charge is -2.15. The Hall–Kier alpha value is -3.68. The average molecular weight is 379 g/mol. The molecule has 0 radical (unpaired) electrons. The maximum Gasteiger partial charge on any atom is 0.288 e. The number of hydrogen-bond acceptors (Lipinski definition) is 5. The van der Waals surface area contributed by atoms with E-state index in [0.29, 0.717) is 25.3 Å². The zero-order valence-corrected chi connectivity index (χ0v) is 15.5. The molecule has 1 aliphatic heterocycles. The molecular formula is C20H21N5O3. The van der Waals surface area contributed by atoms with Gasteiger partial charge in [-0.05, 0) is 17.7 Å². The Morgan fingerprint density at radius 1 is 1.18 bits per heavy atom. The van der Waals surface area contributed by atoms with Crippen LogP contribution in [0.1, 0.15) is 28.4 Å². The highest BCUT2D eigenvalue weighted by atomic mass is 16.5. The number of fused-ring (bicyclic) bond motifs is 1. The van der Waals surface area contributed by atoms with Crippen LogP contribution in [0.4, 0.5) is 5.69 Å². The van der Waals surface area contributed by atoms with Crippen molar-refractivity contribution in [3.63, 3.8) is 0 Å². The van der Waals surface area contributed by atoms with Crippen LogP contribution in [0.3, 0.4) is 0 Å². The van der Waals surface area contributed by atoms with Gasteiger partial charge in [-0.15, -0.1) is 5.10 Å².